The van der Waals surface area contributed by atoms with Crippen LogP contribution in [0.2, 0.25) is 0 Å². The minimum absolute atomic E-state index is 0.140. The molecule has 0 aliphatic carbocycles. The molecule has 2 amide bonds. The summed E-state index contributed by atoms with van der Waals surface area (Å²) in [5, 5.41) is 6.77. The molecule has 0 radical (unpaired) electrons. The van der Waals surface area contributed by atoms with Crippen LogP contribution in [0.5, 0.6) is 0 Å². The molecule has 9 heteroatoms. The zero-order chi connectivity index (χ0) is 20.2. The summed E-state index contributed by atoms with van der Waals surface area (Å²) in [6.07, 6.45) is 4.83. The van der Waals surface area contributed by atoms with Gasteiger partial charge in [0.05, 0.1) is 24.3 Å². The number of urea groups is 1. The molecule has 0 unspecified atom stereocenters. The topological polar surface area (TPSA) is 79.4 Å². The van der Waals surface area contributed by atoms with Crippen molar-refractivity contribution in [3.63, 3.8) is 0 Å². The number of hydrogen-bond donors (Lipinski definition) is 1. The van der Waals surface area contributed by atoms with Crippen LogP contribution in [0.3, 0.4) is 0 Å². The lowest BCUT2D eigenvalue weighted by molar-refractivity contribution is 0.127. The Balaban J connectivity index is 1.25. The Labute approximate surface area is 167 Å². The van der Waals surface area contributed by atoms with Gasteiger partial charge in [0.15, 0.2) is 5.76 Å². The number of hydrogen-bond acceptors (Lipinski definition) is 5. The smallest absolute Gasteiger partial charge is 0.317 e. The van der Waals surface area contributed by atoms with E-state index in [4.69, 9.17) is 4.52 Å². The molecule has 0 bridgehead atoms. The van der Waals surface area contributed by atoms with Crippen molar-refractivity contribution in [2.75, 3.05) is 26.2 Å². The summed E-state index contributed by atoms with van der Waals surface area (Å²) in [5.74, 6) is 0.479. The summed E-state index contributed by atoms with van der Waals surface area (Å²) in [7, 11) is 0. The first-order chi connectivity index (χ1) is 14.1. The van der Waals surface area contributed by atoms with Crippen molar-refractivity contribution in [1.82, 2.24) is 29.8 Å². The van der Waals surface area contributed by atoms with Crippen LogP contribution in [0.4, 0.5) is 9.18 Å². The molecule has 2 aromatic heterocycles. The summed E-state index contributed by atoms with van der Waals surface area (Å²) in [5.41, 5.74) is 2.00. The fourth-order valence-corrected chi connectivity index (χ4v) is 3.38. The van der Waals surface area contributed by atoms with E-state index in [1.54, 1.807) is 40.3 Å². The number of nitrogens with one attached hydrogen (secondary N) is 1. The molecule has 8 nitrogen and oxygen atoms in total. The summed E-state index contributed by atoms with van der Waals surface area (Å²) in [4.78, 5) is 20.4. The number of benzene rings is 1. The molecule has 1 aliphatic rings. The van der Waals surface area contributed by atoms with Gasteiger partial charge in [-0.15, -0.1) is 0 Å². The number of halogens is 1. The van der Waals surface area contributed by atoms with E-state index < -0.39 is 0 Å². The van der Waals surface area contributed by atoms with Crippen molar-refractivity contribution < 1.29 is 13.7 Å². The van der Waals surface area contributed by atoms with Gasteiger partial charge < -0.3 is 19.3 Å². The highest BCUT2D eigenvalue weighted by molar-refractivity contribution is 5.74. The van der Waals surface area contributed by atoms with Crippen LogP contribution < -0.4 is 5.32 Å². The van der Waals surface area contributed by atoms with Crippen molar-refractivity contribution in [3.05, 3.63) is 65.8 Å². The Morgan fingerprint density at radius 2 is 2.07 bits per heavy atom. The predicted octanol–water partition coefficient (Wildman–Crippen LogP) is 2.34. The normalized spacial score (nSPS) is 14.9. The molecule has 3 heterocycles. The molecule has 4 rings (SSSR count). The van der Waals surface area contributed by atoms with E-state index in [1.165, 1.54) is 6.07 Å². The number of aryl methyl sites for hydroxylation is 1. The van der Waals surface area contributed by atoms with Gasteiger partial charge in [-0.3, -0.25) is 4.90 Å². The molecule has 0 spiro atoms. The van der Waals surface area contributed by atoms with E-state index in [9.17, 15) is 9.18 Å². The number of aromatic nitrogens is 3. The number of carbonyl (C=O) groups is 1. The van der Waals surface area contributed by atoms with Crippen LogP contribution in [-0.2, 0) is 13.1 Å². The third-order valence-electron chi connectivity index (χ3n) is 4.95. The Bertz CT molecular complexity index is 963. The molecule has 1 saturated heterocycles. The van der Waals surface area contributed by atoms with Crippen molar-refractivity contribution >= 4 is 6.03 Å². The third-order valence-corrected chi connectivity index (χ3v) is 4.95. The fraction of sp³-hybridized carbons (Fsp3) is 0.350. The van der Waals surface area contributed by atoms with Crippen LogP contribution in [0, 0.1) is 12.7 Å². The van der Waals surface area contributed by atoms with Gasteiger partial charge >= 0.3 is 6.03 Å². The molecular formula is C20H23FN6O2. The minimum Gasteiger partial charge on any atom is -0.360 e. The Morgan fingerprint density at radius 1 is 1.24 bits per heavy atom. The van der Waals surface area contributed by atoms with Gasteiger partial charge in [-0.05, 0) is 24.6 Å². The maximum atomic E-state index is 14.3. The van der Waals surface area contributed by atoms with E-state index in [1.807, 2.05) is 13.0 Å². The molecule has 3 aromatic rings. The standard InChI is InChI=1S/C20H23FN6O2/c1-15-10-17(29-24-15)13-25-6-8-26(9-7-25)20(28)23-12-16-2-3-19(18(21)11-16)27-5-4-22-14-27/h2-5,10-11,14H,6-9,12-13H2,1H3,(H,23,28). The molecule has 152 valence electrons. The summed E-state index contributed by atoms with van der Waals surface area (Å²) >= 11 is 0. The van der Waals surface area contributed by atoms with E-state index in [0.717, 1.165) is 24.5 Å². The monoisotopic (exact) mass is 398 g/mol. The van der Waals surface area contributed by atoms with Gasteiger partial charge in [0.25, 0.3) is 0 Å². The van der Waals surface area contributed by atoms with Crippen LogP contribution in [0.15, 0.2) is 47.5 Å². The summed E-state index contributed by atoms with van der Waals surface area (Å²) in [6, 6.07) is 6.71. The largest absolute Gasteiger partial charge is 0.360 e. The maximum Gasteiger partial charge on any atom is 0.317 e. The van der Waals surface area contributed by atoms with Crippen LogP contribution in [0.25, 0.3) is 5.69 Å². The second-order valence-electron chi connectivity index (χ2n) is 7.11. The van der Waals surface area contributed by atoms with Crippen molar-refractivity contribution in [1.29, 1.82) is 0 Å². The lowest BCUT2D eigenvalue weighted by atomic mass is 10.2. The van der Waals surface area contributed by atoms with E-state index in [2.05, 4.69) is 20.4 Å². The fourth-order valence-electron chi connectivity index (χ4n) is 3.38. The molecule has 1 aromatic carbocycles. The molecular weight excluding hydrogens is 375 g/mol. The molecule has 1 N–H and O–H groups in total. The highest BCUT2D eigenvalue weighted by Crippen LogP contribution is 2.15. The average molecular weight is 398 g/mol. The van der Waals surface area contributed by atoms with Gasteiger partial charge in [0, 0.05) is 51.2 Å². The number of piperazine rings is 1. The first-order valence-electron chi connectivity index (χ1n) is 9.52. The quantitative estimate of drug-likeness (QED) is 0.714. The van der Waals surface area contributed by atoms with Crippen LogP contribution in [-0.4, -0.2) is 56.7 Å². The molecule has 1 aliphatic heterocycles. The predicted molar refractivity (Wildman–Crippen MR) is 104 cm³/mol. The Morgan fingerprint density at radius 3 is 2.72 bits per heavy atom. The number of rotatable bonds is 5. The molecule has 29 heavy (non-hydrogen) atoms. The van der Waals surface area contributed by atoms with Crippen molar-refractivity contribution in [2.45, 2.75) is 20.0 Å². The molecule has 0 saturated carbocycles. The highest BCUT2D eigenvalue weighted by atomic mass is 19.1. The van der Waals surface area contributed by atoms with E-state index in [0.29, 0.717) is 30.9 Å². The van der Waals surface area contributed by atoms with Crippen LogP contribution >= 0.6 is 0 Å². The zero-order valence-electron chi connectivity index (χ0n) is 16.2. The summed E-state index contributed by atoms with van der Waals surface area (Å²) in [6.45, 7) is 5.66. The van der Waals surface area contributed by atoms with E-state index in [-0.39, 0.29) is 18.4 Å². The average Bonchev–Trinajstić information content (AvgIpc) is 3.39. The first-order valence-corrected chi connectivity index (χ1v) is 9.52. The maximum absolute atomic E-state index is 14.3. The minimum atomic E-state index is -0.356. The lowest BCUT2D eigenvalue weighted by Gasteiger charge is -2.34. The number of carbonyl (C=O) groups excluding carboxylic acids is 1. The van der Waals surface area contributed by atoms with Gasteiger partial charge in [-0.25, -0.2) is 14.2 Å². The van der Waals surface area contributed by atoms with E-state index >= 15 is 0 Å². The van der Waals surface area contributed by atoms with Gasteiger partial charge in [-0.1, -0.05) is 11.2 Å². The third kappa shape index (κ3) is 4.62. The second-order valence-corrected chi connectivity index (χ2v) is 7.11. The second kappa shape index (κ2) is 8.44. The van der Waals surface area contributed by atoms with Gasteiger partial charge in [-0.2, -0.15) is 0 Å². The number of imidazole rings is 1. The zero-order valence-corrected chi connectivity index (χ0v) is 16.2. The molecule has 0 atom stereocenters. The number of nitrogens with zero attached hydrogens (tertiary/aromatic N) is 5. The van der Waals surface area contributed by atoms with Crippen LogP contribution in [0.1, 0.15) is 17.0 Å². The van der Waals surface area contributed by atoms with Gasteiger partial charge in [0.1, 0.15) is 5.82 Å². The first kappa shape index (κ1) is 19.1. The van der Waals surface area contributed by atoms with Crippen molar-refractivity contribution in [2.24, 2.45) is 0 Å². The summed E-state index contributed by atoms with van der Waals surface area (Å²) < 4.78 is 21.2. The lowest BCUT2D eigenvalue weighted by Crippen LogP contribution is -2.51. The Hall–Kier alpha value is -3.20. The highest BCUT2D eigenvalue weighted by Gasteiger charge is 2.22. The van der Waals surface area contributed by atoms with Crippen molar-refractivity contribution in [3.8, 4) is 5.69 Å². The number of amides is 2. The molecule has 1 fully saturated rings. The Kier molecular flexibility index (Phi) is 5.57. The van der Waals surface area contributed by atoms with Gasteiger partial charge in [0.2, 0.25) is 0 Å². The SMILES string of the molecule is Cc1cc(CN2CCN(C(=O)NCc3ccc(-n4ccnc4)c(F)c3)CC2)on1.